The lowest BCUT2D eigenvalue weighted by Gasteiger charge is -2.21. The number of rotatable bonds is 6. The molecule has 0 heterocycles. The van der Waals surface area contributed by atoms with E-state index in [-0.39, 0.29) is 0 Å². The van der Waals surface area contributed by atoms with E-state index >= 15 is 0 Å². The highest BCUT2D eigenvalue weighted by Gasteiger charge is 2.29. The fourth-order valence-electron chi connectivity index (χ4n) is 0.823. The summed E-state index contributed by atoms with van der Waals surface area (Å²) in [6.45, 7) is 0.185. The predicted molar refractivity (Wildman–Crippen MR) is 48.7 cm³/mol. The number of hydrogen-bond acceptors (Lipinski definition) is 7. The van der Waals surface area contributed by atoms with Crippen LogP contribution < -0.4 is 5.73 Å². The number of ketones is 1. The highest BCUT2D eigenvalue weighted by Crippen LogP contribution is 2.02. The highest BCUT2D eigenvalue weighted by atomic mass is 16.5. The molecule has 0 aliphatic rings. The van der Waals surface area contributed by atoms with Crippen molar-refractivity contribution < 1.29 is 29.6 Å². The number of hydrogen-bond donors (Lipinski definition) is 4. The Bertz CT molecular complexity index is 231. The van der Waals surface area contributed by atoms with Crippen molar-refractivity contribution in [1.29, 1.82) is 0 Å². The lowest BCUT2D eigenvalue weighted by Crippen LogP contribution is -2.46. The molecular weight excluding hydrogens is 206 g/mol. The third-order valence-electron chi connectivity index (χ3n) is 1.71. The summed E-state index contributed by atoms with van der Waals surface area (Å²) in [6, 6.07) is 0. The molecule has 88 valence electrons. The molecule has 0 bridgehead atoms. The first-order chi connectivity index (χ1) is 6.90. The van der Waals surface area contributed by atoms with E-state index in [0.717, 1.165) is 6.92 Å². The second-order valence-corrected chi connectivity index (χ2v) is 2.98. The van der Waals surface area contributed by atoms with E-state index in [1.54, 1.807) is 0 Å². The first-order valence-corrected chi connectivity index (χ1v) is 4.30. The molecule has 15 heavy (non-hydrogen) atoms. The Morgan fingerprint density at radius 2 is 1.87 bits per heavy atom. The summed E-state index contributed by atoms with van der Waals surface area (Å²) in [5.74, 6) is -1.44. The minimum atomic E-state index is -1.78. The van der Waals surface area contributed by atoms with E-state index in [1.807, 2.05) is 0 Å². The van der Waals surface area contributed by atoms with Crippen molar-refractivity contribution in [3.63, 3.8) is 0 Å². The molecule has 0 aromatic heterocycles. The van der Waals surface area contributed by atoms with Gasteiger partial charge in [-0.15, -0.1) is 0 Å². The van der Waals surface area contributed by atoms with E-state index in [4.69, 9.17) is 10.8 Å². The molecule has 5 N–H and O–H groups in total. The molecule has 0 rings (SSSR count). The number of aliphatic hydroxyl groups excluding tert-OH is 3. The molecule has 0 aromatic carbocycles. The van der Waals surface area contributed by atoms with Crippen LogP contribution in [0.1, 0.15) is 6.92 Å². The van der Waals surface area contributed by atoms with Gasteiger partial charge in [0.1, 0.15) is 24.9 Å². The molecule has 0 saturated heterocycles. The Labute approximate surface area is 86.5 Å². The molecule has 0 saturated carbocycles. The van der Waals surface area contributed by atoms with Crippen molar-refractivity contribution in [1.82, 2.24) is 0 Å². The van der Waals surface area contributed by atoms with Crippen LogP contribution in [0.25, 0.3) is 0 Å². The van der Waals surface area contributed by atoms with Gasteiger partial charge in [-0.2, -0.15) is 0 Å². The standard InChI is InChI=1S/C8H15NO6/c1-4(10)15-3-6(12)8(14)7(13)5(11)2-9/h6-8,12-14H,2-3,9H2,1H3/t6-,7-,8-/m1/s1. The Kier molecular flexibility index (Phi) is 6.02. The lowest BCUT2D eigenvalue weighted by atomic mass is 10.1. The summed E-state index contributed by atoms with van der Waals surface area (Å²) in [6.07, 6.45) is -5.03. The van der Waals surface area contributed by atoms with E-state index in [0.29, 0.717) is 0 Å². The zero-order valence-electron chi connectivity index (χ0n) is 8.29. The third-order valence-corrected chi connectivity index (χ3v) is 1.71. The van der Waals surface area contributed by atoms with Crippen LogP contribution in [-0.2, 0) is 14.3 Å². The zero-order valence-corrected chi connectivity index (χ0v) is 8.29. The summed E-state index contributed by atoms with van der Waals surface area (Å²) in [7, 11) is 0. The molecule has 0 spiro atoms. The summed E-state index contributed by atoms with van der Waals surface area (Å²) in [5.41, 5.74) is 4.95. The average Bonchev–Trinajstić information content (AvgIpc) is 2.22. The van der Waals surface area contributed by atoms with Crippen molar-refractivity contribution in [2.45, 2.75) is 25.2 Å². The van der Waals surface area contributed by atoms with E-state index < -0.39 is 43.2 Å². The zero-order chi connectivity index (χ0) is 12.0. The van der Waals surface area contributed by atoms with Gasteiger partial charge in [0.05, 0.1) is 6.54 Å². The van der Waals surface area contributed by atoms with Gasteiger partial charge >= 0.3 is 5.97 Å². The van der Waals surface area contributed by atoms with Gasteiger partial charge < -0.3 is 25.8 Å². The average molecular weight is 221 g/mol. The largest absolute Gasteiger partial charge is 0.463 e. The van der Waals surface area contributed by atoms with E-state index in [1.165, 1.54) is 0 Å². The predicted octanol–water partition coefficient (Wildman–Crippen LogP) is -2.84. The number of Topliss-reactive ketones (excluding diaryl/α,β-unsaturated/α-hetero) is 1. The quantitative estimate of drug-likeness (QED) is 0.355. The molecule has 0 aliphatic carbocycles. The van der Waals surface area contributed by atoms with Gasteiger partial charge in [-0.1, -0.05) is 0 Å². The molecule has 7 nitrogen and oxygen atoms in total. The Balaban J connectivity index is 4.12. The SMILES string of the molecule is CC(=O)OC[C@@H](O)[C@@H](O)[C@H](O)C(=O)CN. The molecule has 3 atom stereocenters. The number of esters is 1. The van der Waals surface area contributed by atoms with Crippen molar-refractivity contribution in [2.24, 2.45) is 5.73 Å². The fourth-order valence-corrected chi connectivity index (χ4v) is 0.823. The van der Waals surface area contributed by atoms with E-state index in [2.05, 4.69) is 4.74 Å². The van der Waals surface area contributed by atoms with Gasteiger partial charge in [-0.05, 0) is 0 Å². The monoisotopic (exact) mass is 221 g/mol. The van der Waals surface area contributed by atoms with Gasteiger partial charge in [-0.3, -0.25) is 9.59 Å². The Morgan fingerprint density at radius 3 is 2.27 bits per heavy atom. The van der Waals surface area contributed by atoms with Crippen molar-refractivity contribution in [3.8, 4) is 0 Å². The van der Waals surface area contributed by atoms with Crippen molar-refractivity contribution in [3.05, 3.63) is 0 Å². The molecule has 0 unspecified atom stereocenters. The van der Waals surface area contributed by atoms with Crippen LogP contribution in [-0.4, -0.2) is 58.5 Å². The van der Waals surface area contributed by atoms with Crippen LogP contribution in [0.5, 0.6) is 0 Å². The molecule has 0 radical (unpaired) electrons. The molecule has 0 fully saturated rings. The minimum absolute atomic E-state index is 0.446. The molecular formula is C8H15NO6. The normalized spacial score (nSPS) is 16.6. The van der Waals surface area contributed by atoms with Crippen LogP contribution >= 0.6 is 0 Å². The van der Waals surface area contributed by atoms with Crippen LogP contribution in [0.3, 0.4) is 0 Å². The second-order valence-electron chi connectivity index (χ2n) is 2.98. The topological polar surface area (TPSA) is 130 Å². The maximum Gasteiger partial charge on any atom is 0.302 e. The first-order valence-electron chi connectivity index (χ1n) is 4.30. The smallest absolute Gasteiger partial charge is 0.302 e. The summed E-state index contributed by atoms with van der Waals surface area (Å²) < 4.78 is 4.39. The maximum absolute atomic E-state index is 10.8. The molecule has 0 amide bonds. The minimum Gasteiger partial charge on any atom is -0.463 e. The number of carbonyl (C=O) groups is 2. The van der Waals surface area contributed by atoms with Crippen molar-refractivity contribution >= 4 is 11.8 Å². The number of ether oxygens (including phenoxy) is 1. The molecule has 7 heteroatoms. The van der Waals surface area contributed by atoms with Crippen LogP contribution in [0.15, 0.2) is 0 Å². The second kappa shape index (κ2) is 6.46. The number of aliphatic hydroxyl groups is 3. The molecule has 0 aliphatic heterocycles. The Hall–Kier alpha value is -1.02. The summed E-state index contributed by atoms with van der Waals surface area (Å²) in [5, 5.41) is 27.6. The highest BCUT2D eigenvalue weighted by molar-refractivity contribution is 5.85. The van der Waals surface area contributed by atoms with Crippen LogP contribution in [0.2, 0.25) is 0 Å². The number of carbonyl (C=O) groups excluding carboxylic acids is 2. The van der Waals surface area contributed by atoms with Gasteiger partial charge in [-0.25, -0.2) is 0 Å². The Morgan fingerprint density at radius 1 is 1.33 bits per heavy atom. The third kappa shape index (κ3) is 4.84. The van der Waals surface area contributed by atoms with Crippen LogP contribution in [0.4, 0.5) is 0 Å². The maximum atomic E-state index is 10.8. The van der Waals surface area contributed by atoms with Gasteiger partial charge in [0.2, 0.25) is 0 Å². The van der Waals surface area contributed by atoms with E-state index in [9.17, 15) is 19.8 Å². The summed E-state index contributed by atoms with van der Waals surface area (Å²) in [4.78, 5) is 21.2. The van der Waals surface area contributed by atoms with Gasteiger partial charge in [0, 0.05) is 6.92 Å². The molecule has 0 aromatic rings. The van der Waals surface area contributed by atoms with Crippen molar-refractivity contribution in [2.75, 3.05) is 13.2 Å². The summed E-state index contributed by atoms with van der Waals surface area (Å²) >= 11 is 0. The van der Waals surface area contributed by atoms with Gasteiger partial charge in [0.15, 0.2) is 5.78 Å². The number of nitrogens with two attached hydrogens (primary N) is 1. The fraction of sp³-hybridized carbons (Fsp3) is 0.750. The lowest BCUT2D eigenvalue weighted by molar-refractivity contribution is -0.151. The first kappa shape index (κ1) is 14.0. The van der Waals surface area contributed by atoms with Crippen LogP contribution in [0, 0.1) is 0 Å². The van der Waals surface area contributed by atoms with Gasteiger partial charge in [0.25, 0.3) is 0 Å².